The zero-order valence-electron chi connectivity index (χ0n) is 14.6. The number of nitrogens with one attached hydrogen (secondary N) is 1. The molecule has 5 nitrogen and oxygen atoms in total. The summed E-state index contributed by atoms with van der Waals surface area (Å²) in [4.78, 5) is 26.1. The van der Waals surface area contributed by atoms with Crippen LogP contribution < -0.4 is 10.1 Å². The van der Waals surface area contributed by atoms with Gasteiger partial charge in [0.2, 0.25) is 11.8 Å². The minimum atomic E-state index is -0.301. The summed E-state index contributed by atoms with van der Waals surface area (Å²) in [7, 11) is 1.59. The predicted octanol–water partition coefficient (Wildman–Crippen LogP) is 2.29. The molecule has 0 radical (unpaired) electrons. The quantitative estimate of drug-likeness (QED) is 0.864. The lowest BCUT2D eigenvalue weighted by atomic mass is 10.1. The van der Waals surface area contributed by atoms with Crippen molar-refractivity contribution < 1.29 is 18.7 Å². The first-order chi connectivity index (χ1) is 12.5. The molecule has 1 atom stereocenters. The Bertz CT molecular complexity index is 775. The maximum atomic E-state index is 13.0. The Kier molecular flexibility index (Phi) is 5.51. The molecule has 0 aliphatic carbocycles. The first-order valence-electron chi connectivity index (χ1n) is 8.48. The van der Waals surface area contributed by atoms with Crippen LogP contribution in [-0.4, -0.2) is 36.4 Å². The average Bonchev–Trinajstić information content (AvgIpc) is 2.96. The number of ether oxygens (including phenoxy) is 1. The largest absolute Gasteiger partial charge is 0.497 e. The van der Waals surface area contributed by atoms with Crippen molar-refractivity contribution in [3.8, 4) is 5.75 Å². The van der Waals surface area contributed by atoms with Crippen LogP contribution in [0.4, 0.5) is 4.39 Å². The Morgan fingerprint density at radius 3 is 2.46 bits per heavy atom. The van der Waals surface area contributed by atoms with Gasteiger partial charge in [-0.05, 0) is 35.4 Å². The number of carbonyl (C=O) groups is 2. The van der Waals surface area contributed by atoms with E-state index in [-0.39, 0.29) is 36.5 Å². The van der Waals surface area contributed by atoms with Gasteiger partial charge in [0.25, 0.3) is 0 Å². The van der Waals surface area contributed by atoms with E-state index in [9.17, 15) is 14.0 Å². The highest BCUT2D eigenvalue weighted by Crippen LogP contribution is 2.16. The van der Waals surface area contributed by atoms with E-state index in [1.165, 1.54) is 12.1 Å². The summed E-state index contributed by atoms with van der Waals surface area (Å²) in [5.41, 5.74) is 1.75. The molecule has 1 aliphatic rings. The van der Waals surface area contributed by atoms with E-state index in [4.69, 9.17) is 4.74 Å². The van der Waals surface area contributed by atoms with Crippen LogP contribution in [0.2, 0.25) is 0 Å². The van der Waals surface area contributed by atoms with Crippen molar-refractivity contribution in [1.29, 1.82) is 0 Å². The second-order valence-electron chi connectivity index (χ2n) is 6.39. The molecule has 1 fully saturated rings. The average molecular weight is 356 g/mol. The minimum Gasteiger partial charge on any atom is -0.497 e. The lowest BCUT2D eigenvalue weighted by Crippen LogP contribution is -2.37. The van der Waals surface area contributed by atoms with Gasteiger partial charge in [-0.25, -0.2) is 4.39 Å². The molecule has 1 unspecified atom stereocenters. The first-order valence-corrected chi connectivity index (χ1v) is 8.48. The Balaban J connectivity index is 1.51. The van der Waals surface area contributed by atoms with Gasteiger partial charge in [0.05, 0.1) is 19.6 Å². The van der Waals surface area contributed by atoms with Crippen LogP contribution >= 0.6 is 0 Å². The van der Waals surface area contributed by atoms with Crippen LogP contribution in [0.1, 0.15) is 17.5 Å². The molecule has 0 aromatic heterocycles. The highest BCUT2D eigenvalue weighted by Gasteiger charge is 2.30. The van der Waals surface area contributed by atoms with Crippen molar-refractivity contribution in [2.24, 2.45) is 0 Å². The molecule has 2 aromatic carbocycles. The van der Waals surface area contributed by atoms with Crippen LogP contribution in [0.5, 0.6) is 5.75 Å². The summed E-state index contributed by atoms with van der Waals surface area (Å²) in [6.45, 7) is 0.883. The number of nitrogens with zero attached hydrogens (tertiary/aromatic N) is 1. The minimum absolute atomic E-state index is 0.0101. The normalized spacial score (nSPS) is 16.6. The van der Waals surface area contributed by atoms with E-state index in [1.54, 1.807) is 24.1 Å². The molecule has 2 aromatic rings. The SMILES string of the molecule is COc1ccc(CC(=O)NC2CC(=O)N(Cc3ccc(F)cc3)C2)cc1. The maximum Gasteiger partial charge on any atom is 0.225 e. The van der Waals surface area contributed by atoms with Crippen molar-refractivity contribution in [1.82, 2.24) is 10.2 Å². The number of hydrogen-bond acceptors (Lipinski definition) is 3. The molecule has 136 valence electrons. The predicted molar refractivity (Wildman–Crippen MR) is 95.1 cm³/mol. The van der Waals surface area contributed by atoms with E-state index in [0.29, 0.717) is 13.1 Å². The number of amides is 2. The van der Waals surface area contributed by atoms with Gasteiger partial charge in [-0.15, -0.1) is 0 Å². The molecule has 0 spiro atoms. The first kappa shape index (κ1) is 17.9. The molecular formula is C20H21FN2O3. The third kappa shape index (κ3) is 4.59. The Morgan fingerprint density at radius 2 is 1.81 bits per heavy atom. The number of hydrogen-bond donors (Lipinski definition) is 1. The van der Waals surface area contributed by atoms with Crippen LogP contribution in [0.15, 0.2) is 48.5 Å². The van der Waals surface area contributed by atoms with Gasteiger partial charge in [0.1, 0.15) is 11.6 Å². The number of likely N-dealkylation sites (tertiary alicyclic amines) is 1. The zero-order chi connectivity index (χ0) is 18.5. The van der Waals surface area contributed by atoms with Gasteiger partial charge in [-0.3, -0.25) is 9.59 Å². The summed E-state index contributed by atoms with van der Waals surface area (Å²) in [5.74, 6) is 0.317. The van der Waals surface area contributed by atoms with Crippen molar-refractivity contribution >= 4 is 11.8 Å². The number of benzene rings is 2. The van der Waals surface area contributed by atoms with E-state index < -0.39 is 0 Å². The highest BCUT2D eigenvalue weighted by atomic mass is 19.1. The van der Waals surface area contributed by atoms with Crippen molar-refractivity contribution in [3.05, 3.63) is 65.5 Å². The molecule has 1 N–H and O–H groups in total. The van der Waals surface area contributed by atoms with Gasteiger partial charge < -0.3 is 15.0 Å². The van der Waals surface area contributed by atoms with E-state index in [1.807, 2.05) is 24.3 Å². The summed E-state index contributed by atoms with van der Waals surface area (Å²) >= 11 is 0. The fourth-order valence-electron chi connectivity index (χ4n) is 3.04. The third-order valence-electron chi connectivity index (χ3n) is 4.39. The second-order valence-corrected chi connectivity index (χ2v) is 6.39. The van der Waals surface area contributed by atoms with Crippen molar-refractivity contribution in [2.75, 3.05) is 13.7 Å². The number of carbonyl (C=O) groups excluding carboxylic acids is 2. The zero-order valence-corrected chi connectivity index (χ0v) is 14.6. The second kappa shape index (κ2) is 7.99. The molecule has 0 saturated carbocycles. The summed E-state index contributed by atoms with van der Waals surface area (Å²) in [6.07, 6.45) is 0.544. The number of halogens is 1. The Morgan fingerprint density at radius 1 is 1.15 bits per heavy atom. The topological polar surface area (TPSA) is 58.6 Å². The van der Waals surface area contributed by atoms with Crippen LogP contribution in [0.25, 0.3) is 0 Å². The molecule has 0 bridgehead atoms. The van der Waals surface area contributed by atoms with Crippen LogP contribution in [0, 0.1) is 5.82 Å². The fraction of sp³-hybridized carbons (Fsp3) is 0.300. The van der Waals surface area contributed by atoms with Gasteiger partial charge in [0, 0.05) is 19.5 Å². The van der Waals surface area contributed by atoms with Gasteiger partial charge in [-0.2, -0.15) is 0 Å². The molecule has 2 amide bonds. The van der Waals surface area contributed by atoms with Gasteiger partial charge in [0.15, 0.2) is 0 Å². The lowest BCUT2D eigenvalue weighted by molar-refractivity contribution is -0.128. The van der Waals surface area contributed by atoms with Crippen LogP contribution in [-0.2, 0) is 22.6 Å². The fourth-order valence-corrected chi connectivity index (χ4v) is 3.04. The summed E-state index contributed by atoms with van der Waals surface area (Å²) in [6, 6.07) is 13.2. The summed E-state index contributed by atoms with van der Waals surface area (Å²) < 4.78 is 18.1. The van der Waals surface area contributed by atoms with Gasteiger partial charge >= 0.3 is 0 Å². The Hall–Kier alpha value is -2.89. The smallest absolute Gasteiger partial charge is 0.225 e. The molecule has 1 aliphatic heterocycles. The standard InChI is InChI=1S/C20H21FN2O3/c1-26-18-8-4-14(5-9-18)10-19(24)22-17-11-20(25)23(13-17)12-15-2-6-16(21)7-3-15/h2-9,17H,10-13H2,1H3,(H,22,24). The molecule has 6 heteroatoms. The summed E-state index contributed by atoms with van der Waals surface area (Å²) in [5, 5.41) is 2.92. The van der Waals surface area contributed by atoms with E-state index in [0.717, 1.165) is 16.9 Å². The molecule has 26 heavy (non-hydrogen) atoms. The van der Waals surface area contributed by atoms with E-state index in [2.05, 4.69) is 5.32 Å². The highest BCUT2D eigenvalue weighted by molar-refractivity contribution is 5.83. The van der Waals surface area contributed by atoms with Crippen molar-refractivity contribution in [3.63, 3.8) is 0 Å². The van der Waals surface area contributed by atoms with Crippen LogP contribution in [0.3, 0.4) is 0 Å². The number of methoxy groups -OCH3 is 1. The maximum absolute atomic E-state index is 13.0. The van der Waals surface area contributed by atoms with E-state index >= 15 is 0 Å². The third-order valence-corrected chi connectivity index (χ3v) is 4.39. The number of rotatable bonds is 6. The molecular weight excluding hydrogens is 335 g/mol. The monoisotopic (exact) mass is 356 g/mol. The lowest BCUT2D eigenvalue weighted by Gasteiger charge is -2.17. The Labute approximate surface area is 151 Å². The van der Waals surface area contributed by atoms with Crippen molar-refractivity contribution in [2.45, 2.75) is 25.4 Å². The molecule has 3 rings (SSSR count). The molecule has 1 heterocycles. The molecule has 1 saturated heterocycles. The van der Waals surface area contributed by atoms with Gasteiger partial charge in [-0.1, -0.05) is 24.3 Å².